The number of tetrazole rings is 1. The number of carbonyl (C=O) groups excluding carboxylic acids is 2. The van der Waals surface area contributed by atoms with Gasteiger partial charge in [0.15, 0.2) is 5.15 Å². The van der Waals surface area contributed by atoms with E-state index in [0.717, 1.165) is 0 Å². The van der Waals surface area contributed by atoms with E-state index in [2.05, 4.69) is 41.7 Å². The van der Waals surface area contributed by atoms with Crippen LogP contribution < -0.4 is 16.0 Å². The molecule has 13 nitrogen and oxygen atoms in total. The summed E-state index contributed by atoms with van der Waals surface area (Å²) in [6, 6.07) is 10.7. The maximum absolute atomic E-state index is 13.3. The van der Waals surface area contributed by atoms with Crippen LogP contribution in [0.2, 0.25) is 10.2 Å². The average molecular weight is 620 g/mol. The minimum absolute atomic E-state index is 0.101. The third kappa shape index (κ3) is 7.39. The number of nitrogens with one attached hydrogen (secondary N) is 3. The van der Waals surface area contributed by atoms with Crippen LogP contribution in [0.15, 0.2) is 67.0 Å². The molecule has 1 aliphatic heterocycles. The number of nitrogens with zero attached hydrogens (tertiary/aromatic N) is 6. The molecule has 2 aromatic carbocycles. The number of carboxylic acid groups (broad SMARTS) is 1. The van der Waals surface area contributed by atoms with Gasteiger partial charge in [-0.15, -0.1) is 15.3 Å². The Morgan fingerprint density at radius 3 is 2.74 bits per heavy atom. The highest BCUT2D eigenvalue weighted by Gasteiger charge is 2.23. The van der Waals surface area contributed by atoms with Crippen molar-refractivity contribution in [3.8, 4) is 16.9 Å². The third-order valence-corrected chi connectivity index (χ3v) is 6.78. The van der Waals surface area contributed by atoms with E-state index in [-0.39, 0.29) is 23.2 Å². The Hall–Kier alpha value is -5.14. The Bertz CT molecular complexity index is 1740. The number of fused-ring (bicyclic) bond motifs is 3. The van der Waals surface area contributed by atoms with Crippen molar-refractivity contribution in [1.82, 2.24) is 35.7 Å². The lowest BCUT2D eigenvalue weighted by molar-refractivity contribution is -0.117. The van der Waals surface area contributed by atoms with Gasteiger partial charge in [0.05, 0.1) is 17.4 Å². The summed E-state index contributed by atoms with van der Waals surface area (Å²) in [7, 11) is 0. The zero-order valence-electron chi connectivity index (χ0n) is 22.2. The molecule has 43 heavy (non-hydrogen) atoms. The van der Waals surface area contributed by atoms with Crippen LogP contribution in [0.4, 0.5) is 16.2 Å². The second-order valence-corrected chi connectivity index (χ2v) is 10.1. The number of benzene rings is 2. The van der Waals surface area contributed by atoms with Gasteiger partial charge >= 0.3 is 6.09 Å². The molecule has 15 heteroatoms. The number of anilines is 2. The summed E-state index contributed by atoms with van der Waals surface area (Å²) in [6.07, 6.45) is 7.86. The summed E-state index contributed by atoms with van der Waals surface area (Å²) < 4.78 is 1.45. The summed E-state index contributed by atoms with van der Waals surface area (Å²) in [5.74, 6) is -0.680. The van der Waals surface area contributed by atoms with Gasteiger partial charge in [-0.05, 0) is 71.8 Å². The number of hydrogen-bond acceptors (Lipinski definition) is 8. The van der Waals surface area contributed by atoms with Crippen LogP contribution >= 0.6 is 23.2 Å². The molecule has 0 bridgehead atoms. The molecule has 3 heterocycles. The molecule has 1 atom stereocenters. The number of allylic oxidation sites excluding steroid dienone is 1. The first-order valence-corrected chi connectivity index (χ1v) is 13.7. The summed E-state index contributed by atoms with van der Waals surface area (Å²) in [6.45, 7) is 0. The summed E-state index contributed by atoms with van der Waals surface area (Å²) in [5.41, 5.74) is 3.15. The number of hydrogen-bond donors (Lipinski definition) is 4. The monoisotopic (exact) mass is 619 g/mol. The van der Waals surface area contributed by atoms with Gasteiger partial charge in [0.25, 0.3) is 0 Å². The second-order valence-electron chi connectivity index (χ2n) is 9.31. The minimum Gasteiger partial charge on any atom is -0.465 e. The molecule has 1 aliphatic rings. The Kier molecular flexibility index (Phi) is 9.03. The van der Waals surface area contributed by atoms with Gasteiger partial charge in [0.1, 0.15) is 12.0 Å². The molecule has 0 fully saturated rings. The van der Waals surface area contributed by atoms with Crippen LogP contribution in [0.1, 0.15) is 36.4 Å². The Morgan fingerprint density at radius 1 is 1.09 bits per heavy atom. The van der Waals surface area contributed by atoms with E-state index in [0.29, 0.717) is 51.6 Å². The molecular formula is C28H23Cl2N9O4. The molecule has 218 valence electrons. The molecule has 0 spiro atoms. The fourth-order valence-electron chi connectivity index (χ4n) is 4.48. The molecule has 0 aliphatic carbocycles. The van der Waals surface area contributed by atoms with Gasteiger partial charge in [-0.3, -0.25) is 14.9 Å². The van der Waals surface area contributed by atoms with Crippen LogP contribution in [0.5, 0.6) is 0 Å². The minimum atomic E-state index is -1.25. The van der Waals surface area contributed by atoms with Crippen LogP contribution in [0, 0.1) is 0 Å². The molecular weight excluding hydrogens is 597 g/mol. The Morgan fingerprint density at radius 2 is 1.95 bits per heavy atom. The van der Waals surface area contributed by atoms with Gasteiger partial charge in [0.2, 0.25) is 11.8 Å². The first-order chi connectivity index (χ1) is 20.8. The van der Waals surface area contributed by atoms with Crippen molar-refractivity contribution in [3.63, 3.8) is 0 Å². The van der Waals surface area contributed by atoms with Crippen molar-refractivity contribution >= 4 is 58.6 Å². The molecule has 4 N–H and O–H groups in total. The number of carbonyl (C=O) groups is 3. The van der Waals surface area contributed by atoms with E-state index in [1.165, 1.54) is 29.2 Å². The van der Waals surface area contributed by atoms with Crippen molar-refractivity contribution in [2.45, 2.75) is 25.3 Å². The smallest absolute Gasteiger partial charge is 0.409 e. The van der Waals surface area contributed by atoms with Gasteiger partial charge in [-0.1, -0.05) is 35.4 Å². The fraction of sp³-hybridized carbons (Fsp3) is 0.143. The zero-order chi connectivity index (χ0) is 30.3. The quantitative estimate of drug-likeness (QED) is 0.175. The second kappa shape index (κ2) is 13.2. The van der Waals surface area contributed by atoms with Crippen molar-refractivity contribution in [2.75, 3.05) is 10.6 Å². The van der Waals surface area contributed by atoms with E-state index in [1.807, 2.05) is 12.2 Å². The van der Waals surface area contributed by atoms with Crippen LogP contribution in [-0.2, 0) is 9.59 Å². The Balaban J connectivity index is 1.51. The molecule has 0 saturated heterocycles. The molecule has 0 radical (unpaired) electrons. The number of halogens is 2. The molecule has 0 saturated carbocycles. The van der Waals surface area contributed by atoms with E-state index < -0.39 is 18.0 Å². The summed E-state index contributed by atoms with van der Waals surface area (Å²) in [5, 5.41) is 37.4. The van der Waals surface area contributed by atoms with Crippen molar-refractivity contribution < 1.29 is 19.5 Å². The van der Waals surface area contributed by atoms with E-state index in [1.54, 1.807) is 36.4 Å². The van der Waals surface area contributed by atoms with E-state index in [4.69, 9.17) is 28.3 Å². The van der Waals surface area contributed by atoms with Crippen LogP contribution in [-0.4, -0.2) is 53.4 Å². The van der Waals surface area contributed by atoms with Gasteiger partial charge in [-0.25, -0.2) is 4.79 Å². The lowest BCUT2D eigenvalue weighted by Gasteiger charge is -2.22. The van der Waals surface area contributed by atoms with Crippen LogP contribution in [0.25, 0.3) is 23.0 Å². The lowest BCUT2D eigenvalue weighted by Crippen LogP contribution is -2.27. The van der Waals surface area contributed by atoms with E-state index >= 15 is 0 Å². The highest BCUT2D eigenvalue weighted by atomic mass is 35.5. The first-order valence-electron chi connectivity index (χ1n) is 12.9. The van der Waals surface area contributed by atoms with Gasteiger partial charge < -0.3 is 15.7 Å². The lowest BCUT2D eigenvalue weighted by atomic mass is 9.96. The molecule has 4 aromatic rings. The molecule has 5 rings (SSSR count). The highest BCUT2D eigenvalue weighted by Crippen LogP contribution is 2.36. The van der Waals surface area contributed by atoms with Crippen molar-refractivity contribution in [2.24, 2.45) is 0 Å². The largest absolute Gasteiger partial charge is 0.465 e. The maximum atomic E-state index is 13.3. The topological polar surface area (TPSA) is 177 Å². The van der Waals surface area contributed by atoms with Gasteiger partial charge in [-0.2, -0.15) is 4.68 Å². The maximum Gasteiger partial charge on any atom is 0.409 e. The molecule has 1 unspecified atom stereocenters. The normalized spacial score (nSPS) is 15.0. The van der Waals surface area contributed by atoms with E-state index in [9.17, 15) is 14.4 Å². The fourth-order valence-corrected chi connectivity index (χ4v) is 4.81. The number of aromatic nitrogens is 6. The SMILES string of the molecule is O=C(O)Nc1ccc2c(c1)NC(=O)CCC=CCC(NC(=O)C=Cc1cc(Cl)ccc1-n1cnnn1)c1cc(Cl)nnc1-2. The Labute approximate surface area is 254 Å². The molecule has 3 amide bonds. The van der Waals surface area contributed by atoms with Crippen molar-refractivity contribution in [3.05, 3.63) is 88.3 Å². The summed E-state index contributed by atoms with van der Waals surface area (Å²) >= 11 is 12.5. The third-order valence-electron chi connectivity index (χ3n) is 6.36. The zero-order valence-corrected chi connectivity index (χ0v) is 23.7. The predicted octanol–water partition coefficient (Wildman–Crippen LogP) is 5.07. The highest BCUT2D eigenvalue weighted by molar-refractivity contribution is 6.30. The number of rotatable bonds is 5. The molecule has 2 aromatic heterocycles. The first kappa shape index (κ1) is 29.4. The average Bonchev–Trinajstić information content (AvgIpc) is 3.50. The standard InChI is InChI=1S/C28H23Cl2N9O4/c29-17-7-10-23(39-15-31-37-38-39)16(12-17)6-11-26(41)33-21-4-2-1-3-5-25(40)34-22-13-18(32-28(42)43)8-9-19(22)27-20(21)14-24(30)35-36-27/h1-2,6-15,21,32H,3-5H2,(H,33,41)(H,34,40)(H,42,43). The van der Waals surface area contributed by atoms with Gasteiger partial charge in [0, 0.05) is 39.9 Å². The summed E-state index contributed by atoms with van der Waals surface area (Å²) in [4.78, 5) is 37.2. The van der Waals surface area contributed by atoms with Crippen molar-refractivity contribution in [1.29, 1.82) is 0 Å². The van der Waals surface area contributed by atoms with Crippen LogP contribution in [0.3, 0.4) is 0 Å². The number of amides is 3. The predicted molar refractivity (Wildman–Crippen MR) is 160 cm³/mol.